The molecule has 4 aromatic rings. The standard InChI is InChI=1S/C17H14FN5O/c1-9-14-10(2)21-16(11-5-4-8-19-15(11)18)23(14)17-12(20-9)6-7-13(22-17)24-3/h4-8H,1-3H3. The summed E-state index contributed by atoms with van der Waals surface area (Å²) in [5, 5.41) is 0. The highest BCUT2D eigenvalue weighted by molar-refractivity contribution is 5.81. The van der Waals surface area contributed by atoms with Gasteiger partial charge in [0.2, 0.25) is 11.8 Å². The molecule has 4 heterocycles. The van der Waals surface area contributed by atoms with Gasteiger partial charge in [0.1, 0.15) is 5.52 Å². The van der Waals surface area contributed by atoms with Crippen molar-refractivity contribution in [1.82, 2.24) is 24.3 Å². The van der Waals surface area contributed by atoms with Crippen LogP contribution in [0.25, 0.3) is 28.1 Å². The molecule has 0 atom stereocenters. The van der Waals surface area contributed by atoms with E-state index in [1.165, 1.54) is 6.20 Å². The molecular weight excluding hydrogens is 309 g/mol. The van der Waals surface area contributed by atoms with Gasteiger partial charge in [-0.15, -0.1) is 0 Å². The van der Waals surface area contributed by atoms with E-state index in [2.05, 4.69) is 19.9 Å². The van der Waals surface area contributed by atoms with E-state index in [0.717, 1.165) is 16.9 Å². The first-order valence-electron chi connectivity index (χ1n) is 7.41. The Hall–Kier alpha value is -3.09. The predicted molar refractivity (Wildman–Crippen MR) is 87.5 cm³/mol. The Morgan fingerprint density at radius 1 is 1.04 bits per heavy atom. The smallest absolute Gasteiger partial charge is 0.223 e. The number of halogens is 1. The topological polar surface area (TPSA) is 65.2 Å². The lowest BCUT2D eigenvalue weighted by Gasteiger charge is -2.09. The number of imidazole rings is 1. The number of aryl methyl sites for hydroxylation is 2. The fourth-order valence-corrected chi connectivity index (χ4v) is 2.92. The van der Waals surface area contributed by atoms with Crippen LogP contribution in [-0.2, 0) is 0 Å². The number of fused-ring (bicyclic) bond motifs is 3. The molecule has 6 nitrogen and oxygen atoms in total. The van der Waals surface area contributed by atoms with Gasteiger partial charge in [0.25, 0.3) is 0 Å². The normalized spacial score (nSPS) is 11.3. The zero-order chi connectivity index (χ0) is 16.8. The molecule has 0 fully saturated rings. The van der Waals surface area contributed by atoms with E-state index >= 15 is 0 Å². The van der Waals surface area contributed by atoms with Gasteiger partial charge in [-0.05, 0) is 32.0 Å². The first-order valence-corrected chi connectivity index (χ1v) is 7.41. The van der Waals surface area contributed by atoms with Gasteiger partial charge in [0.15, 0.2) is 11.5 Å². The predicted octanol–water partition coefficient (Wildman–Crippen LogP) is 3.10. The van der Waals surface area contributed by atoms with Crippen LogP contribution >= 0.6 is 0 Å². The number of methoxy groups -OCH3 is 1. The number of hydrogen-bond donors (Lipinski definition) is 0. The van der Waals surface area contributed by atoms with Gasteiger partial charge in [-0.25, -0.2) is 15.0 Å². The van der Waals surface area contributed by atoms with Gasteiger partial charge >= 0.3 is 0 Å². The first kappa shape index (κ1) is 14.5. The van der Waals surface area contributed by atoms with E-state index < -0.39 is 5.95 Å². The molecule has 4 aromatic heterocycles. The Labute approximate surface area is 137 Å². The fraction of sp³-hybridized carbons (Fsp3) is 0.176. The third-order valence-corrected chi connectivity index (χ3v) is 3.93. The second-order valence-electron chi connectivity index (χ2n) is 5.44. The number of pyridine rings is 2. The van der Waals surface area contributed by atoms with Crippen LogP contribution < -0.4 is 4.74 Å². The zero-order valence-electron chi connectivity index (χ0n) is 13.4. The molecule has 0 aliphatic carbocycles. The van der Waals surface area contributed by atoms with E-state index in [1.54, 1.807) is 25.3 Å². The highest BCUT2D eigenvalue weighted by Crippen LogP contribution is 2.29. The number of ether oxygens (including phenoxy) is 1. The van der Waals surface area contributed by atoms with E-state index in [-0.39, 0.29) is 0 Å². The maximum atomic E-state index is 14.2. The molecule has 24 heavy (non-hydrogen) atoms. The largest absolute Gasteiger partial charge is 0.481 e. The van der Waals surface area contributed by atoms with Crippen molar-refractivity contribution in [2.75, 3.05) is 7.11 Å². The van der Waals surface area contributed by atoms with Gasteiger partial charge in [-0.3, -0.25) is 4.40 Å². The second kappa shape index (κ2) is 5.23. The summed E-state index contributed by atoms with van der Waals surface area (Å²) in [6, 6.07) is 6.90. The molecule has 0 amide bonds. The molecule has 0 bridgehead atoms. The minimum absolute atomic E-state index is 0.317. The van der Waals surface area contributed by atoms with Crippen LogP contribution in [0.3, 0.4) is 0 Å². The summed E-state index contributed by atoms with van der Waals surface area (Å²) < 4.78 is 21.3. The van der Waals surface area contributed by atoms with Crippen LogP contribution in [0.5, 0.6) is 5.88 Å². The van der Waals surface area contributed by atoms with E-state index in [1.807, 2.05) is 24.3 Å². The molecule has 120 valence electrons. The third kappa shape index (κ3) is 2.01. The Bertz CT molecular complexity index is 1090. The van der Waals surface area contributed by atoms with Crippen LogP contribution in [0.2, 0.25) is 0 Å². The number of rotatable bonds is 2. The Morgan fingerprint density at radius 2 is 1.83 bits per heavy atom. The van der Waals surface area contributed by atoms with Crippen LogP contribution in [0.1, 0.15) is 11.4 Å². The Balaban J connectivity index is 2.21. The summed E-state index contributed by atoms with van der Waals surface area (Å²) >= 11 is 0. The molecule has 0 radical (unpaired) electrons. The highest BCUT2D eigenvalue weighted by Gasteiger charge is 2.19. The zero-order valence-corrected chi connectivity index (χ0v) is 13.4. The molecule has 7 heteroatoms. The minimum atomic E-state index is -0.574. The maximum Gasteiger partial charge on any atom is 0.223 e. The van der Waals surface area contributed by atoms with Gasteiger partial charge in [0, 0.05) is 12.3 Å². The van der Waals surface area contributed by atoms with E-state index in [4.69, 9.17) is 4.74 Å². The molecule has 4 rings (SSSR count). The number of hydrogen-bond acceptors (Lipinski definition) is 5. The summed E-state index contributed by atoms with van der Waals surface area (Å²) in [6.07, 6.45) is 1.41. The lowest BCUT2D eigenvalue weighted by molar-refractivity contribution is 0.399. The summed E-state index contributed by atoms with van der Waals surface area (Å²) in [5.74, 6) is 0.331. The minimum Gasteiger partial charge on any atom is -0.481 e. The average Bonchev–Trinajstić information content (AvgIpc) is 2.93. The summed E-state index contributed by atoms with van der Waals surface area (Å²) in [7, 11) is 1.55. The van der Waals surface area contributed by atoms with Crippen molar-refractivity contribution >= 4 is 16.7 Å². The number of aromatic nitrogens is 5. The van der Waals surface area contributed by atoms with Gasteiger partial charge in [-0.2, -0.15) is 9.37 Å². The highest BCUT2D eigenvalue weighted by atomic mass is 19.1. The SMILES string of the molecule is COc1ccc2nc(C)c3c(C)nc(-c4cccnc4F)n3c2n1. The molecule has 0 aromatic carbocycles. The van der Waals surface area contributed by atoms with Crippen LogP contribution in [0.4, 0.5) is 4.39 Å². The lowest BCUT2D eigenvalue weighted by atomic mass is 10.2. The van der Waals surface area contributed by atoms with Gasteiger partial charge in [0.05, 0.1) is 29.6 Å². The molecule has 0 aliphatic rings. The van der Waals surface area contributed by atoms with Crippen LogP contribution in [0.15, 0.2) is 30.5 Å². The van der Waals surface area contributed by atoms with Crippen molar-refractivity contribution < 1.29 is 9.13 Å². The lowest BCUT2D eigenvalue weighted by Crippen LogP contribution is -2.01. The Morgan fingerprint density at radius 3 is 2.58 bits per heavy atom. The van der Waals surface area contributed by atoms with Crippen molar-refractivity contribution in [3.63, 3.8) is 0 Å². The molecule has 0 unspecified atom stereocenters. The molecular formula is C17H14FN5O. The van der Waals surface area contributed by atoms with Gasteiger partial charge in [-0.1, -0.05) is 0 Å². The quantitative estimate of drug-likeness (QED) is 0.530. The number of nitrogens with zero attached hydrogens (tertiary/aromatic N) is 5. The molecule has 0 N–H and O–H groups in total. The molecule has 0 aliphatic heterocycles. The van der Waals surface area contributed by atoms with Crippen molar-refractivity contribution in [2.24, 2.45) is 0 Å². The summed E-state index contributed by atoms with van der Waals surface area (Å²) in [6.45, 7) is 3.77. The van der Waals surface area contributed by atoms with Crippen LogP contribution in [0, 0.1) is 19.8 Å². The van der Waals surface area contributed by atoms with E-state index in [9.17, 15) is 4.39 Å². The first-order chi connectivity index (χ1) is 11.6. The Kier molecular flexibility index (Phi) is 3.16. The molecule has 0 spiro atoms. The average molecular weight is 323 g/mol. The van der Waals surface area contributed by atoms with Gasteiger partial charge < -0.3 is 4.74 Å². The summed E-state index contributed by atoms with van der Waals surface area (Å²) in [4.78, 5) is 17.3. The second-order valence-corrected chi connectivity index (χ2v) is 5.44. The van der Waals surface area contributed by atoms with E-state index in [0.29, 0.717) is 28.4 Å². The third-order valence-electron chi connectivity index (χ3n) is 3.93. The van der Waals surface area contributed by atoms with Crippen molar-refractivity contribution in [2.45, 2.75) is 13.8 Å². The fourth-order valence-electron chi connectivity index (χ4n) is 2.92. The molecule has 0 saturated heterocycles. The summed E-state index contributed by atoms with van der Waals surface area (Å²) in [5.41, 5.74) is 3.93. The van der Waals surface area contributed by atoms with Crippen molar-refractivity contribution in [1.29, 1.82) is 0 Å². The monoisotopic (exact) mass is 323 g/mol. The van der Waals surface area contributed by atoms with Crippen molar-refractivity contribution in [3.8, 4) is 17.3 Å². The maximum absolute atomic E-state index is 14.2. The molecule has 0 saturated carbocycles. The van der Waals surface area contributed by atoms with Crippen molar-refractivity contribution in [3.05, 3.63) is 47.8 Å². The van der Waals surface area contributed by atoms with Crippen LogP contribution in [-0.4, -0.2) is 31.4 Å².